The highest BCUT2D eigenvalue weighted by molar-refractivity contribution is 5.81. The summed E-state index contributed by atoms with van der Waals surface area (Å²) >= 11 is 0. The maximum absolute atomic E-state index is 12.1. The quantitative estimate of drug-likeness (QED) is 0.0575. The van der Waals surface area contributed by atoms with Crippen LogP contribution in [-0.4, -0.2) is 86.1 Å². The Bertz CT molecular complexity index is 858. The standard InChI is InChI=1S/C36H68N4O8/c1-30(41)32(37)21-14-17-25-40-36(46)33(38)22-15-16-24-39-34(43)29-48-28-27-47-26-18-20-31(42)19-12-10-8-6-4-2-3-5-7-9-11-13-23-35(44)45/h32-33H,2-29,37-38H2,1H3,(H,39,43)(H,40,46)(H,44,45)/t32-,33-/m0/s1. The molecule has 0 heterocycles. The van der Waals surface area contributed by atoms with E-state index in [1.165, 1.54) is 51.9 Å². The molecular formula is C36H68N4O8. The van der Waals surface area contributed by atoms with Crippen LogP contribution in [0.25, 0.3) is 0 Å². The Hall–Kier alpha value is -2.41. The summed E-state index contributed by atoms with van der Waals surface area (Å²) in [4.78, 5) is 57.7. The molecule has 0 fully saturated rings. The fraction of sp³-hybridized carbons (Fsp3) is 0.861. The lowest BCUT2D eigenvalue weighted by molar-refractivity contribution is -0.137. The third-order valence-corrected chi connectivity index (χ3v) is 8.31. The number of carbonyl (C=O) groups is 5. The van der Waals surface area contributed by atoms with Gasteiger partial charge in [-0.2, -0.15) is 0 Å². The Morgan fingerprint density at radius 3 is 1.60 bits per heavy atom. The van der Waals surface area contributed by atoms with Gasteiger partial charge in [-0.05, 0) is 64.7 Å². The molecule has 0 aromatic heterocycles. The highest BCUT2D eigenvalue weighted by Crippen LogP contribution is 2.13. The van der Waals surface area contributed by atoms with Gasteiger partial charge in [0.1, 0.15) is 18.2 Å². The summed E-state index contributed by atoms with van der Waals surface area (Å²) in [5.74, 6) is -0.834. The second-order valence-corrected chi connectivity index (χ2v) is 12.9. The van der Waals surface area contributed by atoms with Crippen molar-refractivity contribution >= 4 is 29.4 Å². The number of hydrogen-bond acceptors (Lipinski definition) is 9. The van der Waals surface area contributed by atoms with Crippen LogP contribution in [0.4, 0.5) is 0 Å². The molecule has 0 aliphatic rings. The average molecular weight is 685 g/mol. The van der Waals surface area contributed by atoms with E-state index in [9.17, 15) is 24.0 Å². The number of unbranched alkanes of at least 4 members (excludes halogenated alkanes) is 13. The third kappa shape index (κ3) is 32.2. The predicted octanol–water partition coefficient (Wildman–Crippen LogP) is 4.73. The Morgan fingerprint density at radius 1 is 0.562 bits per heavy atom. The van der Waals surface area contributed by atoms with E-state index in [1.807, 2.05) is 0 Å². The Balaban J connectivity index is 3.43. The van der Waals surface area contributed by atoms with Crippen molar-refractivity contribution in [3.05, 3.63) is 0 Å². The lowest BCUT2D eigenvalue weighted by Gasteiger charge is -2.13. The summed E-state index contributed by atoms with van der Waals surface area (Å²) in [6, 6.07) is -1.03. The molecule has 0 radical (unpaired) electrons. The molecule has 0 aromatic rings. The number of carboxylic acid groups (broad SMARTS) is 1. The van der Waals surface area contributed by atoms with Gasteiger partial charge in [-0.25, -0.2) is 0 Å². The van der Waals surface area contributed by atoms with Crippen molar-refractivity contribution in [3.8, 4) is 0 Å². The molecule has 12 heteroatoms. The lowest BCUT2D eigenvalue weighted by Crippen LogP contribution is -2.41. The van der Waals surface area contributed by atoms with E-state index < -0.39 is 18.1 Å². The van der Waals surface area contributed by atoms with E-state index in [-0.39, 0.29) is 24.2 Å². The lowest BCUT2D eigenvalue weighted by atomic mass is 10.0. The first kappa shape index (κ1) is 45.6. The van der Waals surface area contributed by atoms with Crippen LogP contribution in [0.5, 0.6) is 0 Å². The maximum atomic E-state index is 12.1. The zero-order valence-electron chi connectivity index (χ0n) is 29.9. The Morgan fingerprint density at radius 2 is 1.04 bits per heavy atom. The molecule has 0 saturated carbocycles. The molecule has 48 heavy (non-hydrogen) atoms. The van der Waals surface area contributed by atoms with E-state index in [1.54, 1.807) is 0 Å². The molecule has 12 nitrogen and oxygen atoms in total. The average Bonchev–Trinajstić information content (AvgIpc) is 3.05. The van der Waals surface area contributed by atoms with Gasteiger partial charge in [0.15, 0.2) is 0 Å². The molecule has 0 aliphatic heterocycles. The molecule has 0 spiro atoms. The van der Waals surface area contributed by atoms with Gasteiger partial charge in [0.25, 0.3) is 0 Å². The first-order valence-corrected chi connectivity index (χ1v) is 18.6. The van der Waals surface area contributed by atoms with Crippen LogP contribution >= 0.6 is 0 Å². The zero-order valence-corrected chi connectivity index (χ0v) is 29.9. The molecule has 0 rings (SSSR count). The van der Waals surface area contributed by atoms with Crippen molar-refractivity contribution in [2.75, 3.05) is 39.5 Å². The molecule has 0 aliphatic carbocycles. The fourth-order valence-corrected chi connectivity index (χ4v) is 5.18. The number of hydrogen-bond donors (Lipinski definition) is 5. The summed E-state index contributed by atoms with van der Waals surface area (Å²) in [6.45, 7) is 3.61. The van der Waals surface area contributed by atoms with Crippen molar-refractivity contribution in [2.45, 2.75) is 160 Å². The Labute approximate surface area is 289 Å². The van der Waals surface area contributed by atoms with E-state index in [4.69, 9.17) is 26.0 Å². The minimum absolute atomic E-state index is 0.0280. The SMILES string of the molecule is CC(=O)[C@@H](N)CCCCNC(=O)[C@@H](N)CCCCNC(=O)COCCOCCCC(=O)CCCCCCCCCCCCCCC(=O)O. The molecular weight excluding hydrogens is 616 g/mol. The molecule has 280 valence electrons. The van der Waals surface area contributed by atoms with Gasteiger partial charge in [0, 0.05) is 39.0 Å². The van der Waals surface area contributed by atoms with Gasteiger partial charge in [0.2, 0.25) is 11.8 Å². The van der Waals surface area contributed by atoms with Crippen LogP contribution in [0, 0.1) is 0 Å². The summed E-state index contributed by atoms with van der Waals surface area (Å²) in [5, 5.41) is 14.2. The van der Waals surface area contributed by atoms with Crippen LogP contribution in [0.15, 0.2) is 0 Å². The molecule has 2 atom stereocenters. The van der Waals surface area contributed by atoms with Crippen LogP contribution in [0.2, 0.25) is 0 Å². The molecule has 0 aromatic carbocycles. The molecule has 0 bridgehead atoms. The highest BCUT2D eigenvalue weighted by Gasteiger charge is 2.13. The van der Waals surface area contributed by atoms with E-state index >= 15 is 0 Å². The van der Waals surface area contributed by atoms with Gasteiger partial charge >= 0.3 is 5.97 Å². The first-order valence-electron chi connectivity index (χ1n) is 18.6. The number of rotatable bonds is 36. The number of ether oxygens (including phenoxy) is 2. The number of Topliss-reactive ketones (excluding diaryl/α,β-unsaturated/α-hetero) is 2. The number of nitrogens with two attached hydrogens (primary N) is 2. The van der Waals surface area contributed by atoms with Crippen LogP contribution in [0.3, 0.4) is 0 Å². The summed E-state index contributed by atoms with van der Waals surface area (Å²) in [6.07, 6.45) is 19.9. The maximum Gasteiger partial charge on any atom is 0.303 e. The number of aliphatic carboxylic acids is 1. The normalized spacial score (nSPS) is 12.4. The van der Waals surface area contributed by atoms with E-state index in [0.717, 1.165) is 44.9 Å². The van der Waals surface area contributed by atoms with Crippen molar-refractivity contribution in [1.82, 2.24) is 10.6 Å². The molecule has 2 amide bonds. The smallest absolute Gasteiger partial charge is 0.303 e. The predicted molar refractivity (Wildman–Crippen MR) is 189 cm³/mol. The van der Waals surface area contributed by atoms with Gasteiger partial charge in [-0.3, -0.25) is 24.0 Å². The van der Waals surface area contributed by atoms with Gasteiger partial charge < -0.3 is 36.7 Å². The highest BCUT2D eigenvalue weighted by atomic mass is 16.5. The summed E-state index contributed by atoms with van der Waals surface area (Å²) < 4.78 is 10.9. The molecule has 0 unspecified atom stereocenters. The minimum atomic E-state index is -0.697. The second kappa shape index (κ2) is 33.1. The number of ketones is 2. The monoisotopic (exact) mass is 685 g/mol. The van der Waals surface area contributed by atoms with Crippen LogP contribution in [0.1, 0.15) is 148 Å². The largest absolute Gasteiger partial charge is 0.481 e. The van der Waals surface area contributed by atoms with E-state index in [2.05, 4.69) is 10.6 Å². The summed E-state index contributed by atoms with van der Waals surface area (Å²) in [5.41, 5.74) is 11.6. The number of amides is 2. The second-order valence-electron chi connectivity index (χ2n) is 12.9. The molecule has 7 N–H and O–H groups in total. The van der Waals surface area contributed by atoms with Gasteiger partial charge in [-0.1, -0.05) is 64.2 Å². The fourth-order valence-electron chi connectivity index (χ4n) is 5.18. The van der Waals surface area contributed by atoms with Gasteiger partial charge in [-0.15, -0.1) is 0 Å². The van der Waals surface area contributed by atoms with Gasteiger partial charge in [0.05, 0.1) is 25.3 Å². The number of carbonyl (C=O) groups excluding carboxylic acids is 4. The van der Waals surface area contributed by atoms with E-state index in [0.29, 0.717) is 90.1 Å². The third-order valence-electron chi connectivity index (χ3n) is 8.31. The van der Waals surface area contributed by atoms with Crippen LogP contribution in [-0.2, 0) is 33.4 Å². The zero-order chi connectivity index (χ0) is 35.7. The number of nitrogens with one attached hydrogen (secondary N) is 2. The van der Waals surface area contributed by atoms with Crippen molar-refractivity contribution < 1.29 is 38.6 Å². The first-order chi connectivity index (χ1) is 23.1. The summed E-state index contributed by atoms with van der Waals surface area (Å²) in [7, 11) is 0. The topological polar surface area (TPSA) is 200 Å². The van der Waals surface area contributed by atoms with Crippen molar-refractivity contribution in [3.63, 3.8) is 0 Å². The van der Waals surface area contributed by atoms with Crippen molar-refractivity contribution in [2.24, 2.45) is 11.5 Å². The molecule has 0 saturated heterocycles. The Kier molecular flexibility index (Phi) is 31.4. The number of carboxylic acids is 1. The van der Waals surface area contributed by atoms with Crippen molar-refractivity contribution in [1.29, 1.82) is 0 Å². The minimum Gasteiger partial charge on any atom is -0.481 e. The van der Waals surface area contributed by atoms with Crippen LogP contribution < -0.4 is 22.1 Å².